The SMILES string of the molecule is O=C1C=C(CCCCCBr)CCC1. The van der Waals surface area contributed by atoms with Gasteiger partial charge in [-0.1, -0.05) is 27.9 Å². The second kappa shape index (κ2) is 6.36. The number of unbranched alkanes of at least 4 members (excludes halogenated alkanes) is 2. The predicted molar refractivity (Wildman–Crippen MR) is 59.2 cm³/mol. The molecule has 74 valence electrons. The van der Waals surface area contributed by atoms with E-state index in [9.17, 15) is 4.79 Å². The van der Waals surface area contributed by atoms with Gasteiger partial charge in [0.1, 0.15) is 0 Å². The molecule has 1 rings (SSSR count). The molecule has 0 spiro atoms. The van der Waals surface area contributed by atoms with E-state index in [1.54, 1.807) is 0 Å². The Balaban J connectivity index is 2.16. The highest BCUT2D eigenvalue weighted by molar-refractivity contribution is 9.09. The van der Waals surface area contributed by atoms with E-state index in [1.165, 1.54) is 24.8 Å². The minimum absolute atomic E-state index is 0.335. The third-order valence-corrected chi connectivity index (χ3v) is 2.98. The standard InChI is InChI=1S/C11H17BrO/c12-8-3-1-2-5-10-6-4-7-11(13)9-10/h9H,1-8H2. The van der Waals surface area contributed by atoms with Gasteiger partial charge in [0.15, 0.2) is 5.78 Å². The Hall–Kier alpha value is -0.110. The molecular weight excluding hydrogens is 228 g/mol. The molecule has 0 fully saturated rings. The molecule has 0 N–H and O–H groups in total. The van der Waals surface area contributed by atoms with Crippen molar-refractivity contribution in [1.29, 1.82) is 0 Å². The van der Waals surface area contributed by atoms with Crippen LogP contribution in [-0.4, -0.2) is 11.1 Å². The Bertz CT molecular complexity index is 196. The van der Waals surface area contributed by atoms with E-state index in [-0.39, 0.29) is 0 Å². The molecule has 1 aliphatic rings. The van der Waals surface area contributed by atoms with E-state index in [2.05, 4.69) is 15.9 Å². The van der Waals surface area contributed by atoms with Crippen LogP contribution < -0.4 is 0 Å². The van der Waals surface area contributed by atoms with E-state index >= 15 is 0 Å². The largest absolute Gasteiger partial charge is 0.295 e. The zero-order valence-corrected chi connectivity index (χ0v) is 9.61. The van der Waals surface area contributed by atoms with Gasteiger partial charge in [-0.05, 0) is 38.2 Å². The maximum absolute atomic E-state index is 11.1. The summed E-state index contributed by atoms with van der Waals surface area (Å²) >= 11 is 3.42. The summed E-state index contributed by atoms with van der Waals surface area (Å²) in [6.45, 7) is 0. The van der Waals surface area contributed by atoms with E-state index in [0.29, 0.717) is 5.78 Å². The van der Waals surface area contributed by atoms with Gasteiger partial charge in [-0.15, -0.1) is 0 Å². The molecular formula is C11H17BrO. The molecule has 0 unspecified atom stereocenters. The van der Waals surface area contributed by atoms with Crippen molar-refractivity contribution in [3.63, 3.8) is 0 Å². The fraction of sp³-hybridized carbons (Fsp3) is 0.727. The highest BCUT2D eigenvalue weighted by Gasteiger charge is 2.08. The number of alkyl halides is 1. The minimum Gasteiger partial charge on any atom is -0.295 e. The first-order valence-corrected chi connectivity index (χ1v) is 6.23. The molecule has 1 nitrogen and oxygen atoms in total. The van der Waals surface area contributed by atoms with Crippen LogP contribution in [0, 0.1) is 0 Å². The molecule has 0 radical (unpaired) electrons. The molecule has 0 aromatic rings. The smallest absolute Gasteiger partial charge is 0.155 e. The fourth-order valence-corrected chi connectivity index (χ4v) is 2.08. The number of hydrogen-bond acceptors (Lipinski definition) is 1. The second-order valence-corrected chi connectivity index (χ2v) is 4.42. The van der Waals surface area contributed by atoms with Gasteiger partial charge in [-0.3, -0.25) is 4.79 Å². The zero-order chi connectivity index (χ0) is 9.52. The lowest BCUT2D eigenvalue weighted by atomic mass is 9.94. The minimum atomic E-state index is 0.335. The number of halogens is 1. The fourth-order valence-electron chi connectivity index (χ4n) is 1.68. The molecule has 0 aromatic heterocycles. The van der Waals surface area contributed by atoms with E-state index in [1.807, 2.05) is 6.08 Å². The first-order valence-electron chi connectivity index (χ1n) is 5.11. The summed E-state index contributed by atoms with van der Waals surface area (Å²) in [6, 6.07) is 0. The third kappa shape index (κ3) is 4.61. The second-order valence-electron chi connectivity index (χ2n) is 3.62. The lowest BCUT2D eigenvalue weighted by Crippen LogP contribution is -2.02. The summed E-state index contributed by atoms with van der Waals surface area (Å²) in [6.07, 6.45) is 9.77. The lowest BCUT2D eigenvalue weighted by Gasteiger charge is -2.11. The topological polar surface area (TPSA) is 17.1 Å². The molecule has 1 aliphatic carbocycles. The summed E-state index contributed by atoms with van der Waals surface area (Å²) < 4.78 is 0. The Morgan fingerprint density at radius 2 is 2.08 bits per heavy atom. The van der Waals surface area contributed by atoms with Gasteiger partial charge in [-0.2, -0.15) is 0 Å². The first-order chi connectivity index (χ1) is 6.33. The molecule has 0 saturated carbocycles. The molecule has 0 aliphatic heterocycles. The first kappa shape index (κ1) is 11.0. The number of allylic oxidation sites excluding steroid dienone is 2. The van der Waals surface area contributed by atoms with Gasteiger partial charge in [0.2, 0.25) is 0 Å². The number of hydrogen-bond donors (Lipinski definition) is 0. The maximum Gasteiger partial charge on any atom is 0.155 e. The molecule has 0 atom stereocenters. The number of carbonyl (C=O) groups excluding carboxylic acids is 1. The summed E-state index contributed by atoms with van der Waals surface area (Å²) in [5, 5.41) is 1.10. The van der Waals surface area contributed by atoms with Crippen LogP contribution in [0.25, 0.3) is 0 Å². The average molecular weight is 245 g/mol. The van der Waals surface area contributed by atoms with E-state index in [4.69, 9.17) is 0 Å². The Morgan fingerprint density at radius 3 is 2.77 bits per heavy atom. The quantitative estimate of drug-likeness (QED) is 0.534. The summed E-state index contributed by atoms with van der Waals surface area (Å²) in [4.78, 5) is 11.1. The molecule has 0 bridgehead atoms. The molecule has 0 aromatic carbocycles. The number of ketones is 1. The van der Waals surface area contributed by atoms with Crippen molar-refractivity contribution < 1.29 is 4.79 Å². The Labute approximate surface area is 88.7 Å². The van der Waals surface area contributed by atoms with Crippen LogP contribution >= 0.6 is 15.9 Å². The van der Waals surface area contributed by atoms with Gasteiger partial charge >= 0.3 is 0 Å². The van der Waals surface area contributed by atoms with Gasteiger partial charge in [0.25, 0.3) is 0 Å². The van der Waals surface area contributed by atoms with Gasteiger partial charge in [0.05, 0.1) is 0 Å². The lowest BCUT2D eigenvalue weighted by molar-refractivity contribution is -0.115. The highest BCUT2D eigenvalue weighted by atomic mass is 79.9. The zero-order valence-electron chi connectivity index (χ0n) is 8.02. The van der Waals surface area contributed by atoms with Gasteiger partial charge in [0, 0.05) is 11.8 Å². The monoisotopic (exact) mass is 244 g/mol. The van der Waals surface area contributed by atoms with E-state index in [0.717, 1.165) is 31.0 Å². The molecule has 13 heavy (non-hydrogen) atoms. The average Bonchev–Trinajstić information content (AvgIpc) is 2.13. The molecule has 2 heteroatoms. The molecule has 0 heterocycles. The normalized spacial score (nSPS) is 17.3. The van der Waals surface area contributed by atoms with E-state index < -0.39 is 0 Å². The van der Waals surface area contributed by atoms with Crippen molar-refractivity contribution in [3.8, 4) is 0 Å². The van der Waals surface area contributed by atoms with Crippen LogP contribution in [0.15, 0.2) is 11.6 Å². The Kier molecular flexibility index (Phi) is 5.37. The Morgan fingerprint density at radius 1 is 1.23 bits per heavy atom. The van der Waals surface area contributed by atoms with Gasteiger partial charge < -0.3 is 0 Å². The number of carbonyl (C=O) groups is 1. The van der Waals surface area contributed by atoms with Crippen LogP contribution in [-0.2, 0) is 4.79 Å². The summed E-state index contributed by atoms with van der Waals surface area (Å²) in [5.74, 6) is 0.335. The maximum atomic E-state index is 11.1. The molecule has 0 saturated heterocycles. The van der Waals surface area contributed by atoms with Crippen LogP contribution in [0.2, 0.25) is 0 Å². The van der Waals surface area contributed by atoms with Crippen molar-refractivity contribution in [2.45, 2.75) is 44.9 Å². The number of rotatable bonds is 5. The third-order valence-electron chi connectivity index (χ3n) is 2.42. The van der Waals surface area contributed by atoms with Crippen molar-refractivity contribution in [2.24, 2.45) is 0 Å². The summed E-state index contributed by atoms with van der Waals surface area (Å²) in [7, 11) is 0. The van der Waals surface area contributed by atoms with Crippen LogP contribution in [0.5, 0.6) is 0 Å². The highest BCUT2D eigenvalue weighted by Crippen LogP contribution is 2.20. The van der Waals surface area contributed by atoms with Crippen molar-refractivity contribution in [3.05, 3.63) is 11.6 Å². The van der Waals surface area contributed by atoms with Crippen molar-refractivity contribution >= 4 is 21.7 Å². The van der Waals surface area contributed by atoms with Gasteiger partial charge in [-0.25, -0.2) is 0 Å². The van der Waals surface area contributed by atoms with Crippen LogP contribution in [0.4, 0.5) is 0 Å². The predicted octanol–water partition coefficient (Wildman–Crippen LogP) is 3.62. The summed E-state index contributed by atoms with van der Waals surface area (Å²) in [5.41, 5.74) is 1.38. The van der Waals surface area contributed by atoms with Crippen LogP contribution in [0.1, 0.15) is 44.9 Å². The van der Waals surface area contributed by atoms with Crippen molar-refractivity contribution in [2.75, 3.05) is 5.33 Å². The molecule has 0 amide bonds. The van der Waals surface area contributed by atoms with Crippen LogP contribution in [0.3, 0.4) is 0 Å². The van der Waals surface area contributed by atoms with Crippen molar-refractivity contribution in [1.82, 2.24) is 0 Å².